The first kappa shape index (κ1) is 15.5. The highest BCUT2D eigenvalue weighted by molar-refractivity contribution is 6.01. The topological polar surface area (TPSA) is 76.0 Å². The van der Waals surface area contributed by atoms with Gasteiger partial charge >= 0.3 is 0 Å². The number of aromatic nitrogens is 4. The molecule has 3 aromatic rings. The Kier molecular flexibility index (Phi) is 3.36. The number of nitrogens with zero attached hydrogens (tertiary/aromatic N) is 4. The van der Waals surface area contributed by atoms with Crippen LogP contribution in [-0.4, -0.2) is 50.0 Å². The van der Waals surface area contributed by atoms with Gasteiger partial charge in [-0.25, -0.2) is 9.07 Å². The van der Waals surface area contributed by atoms with Crippen LogP contribution in [-0.2, 0) is 11.3 Å². The smallest absolute Gasteiger partial charge is 0.270 e. The summed E-state index contributed by atoms with van der Waals surface area (Å²) in [4.78, 5) is 18.1. The van der Waals surface area contributed by atoms with Crippen molar-refractivity contribution in [3.63, 3.8) is 0 Å². The van der Waals surface area contributed by atoms with E-state index in [4.69, 9.17) is 4.74 Å². The molecule has 1 aromatic carbocycles. The Balaban J connectivity index is 1.46. The first-order valence-electron chi connectivity index (χ1n) is 8.69. The normalized spacial score (nSPS) is 22.3. The second kappa shape index (κ2) is 5.63. The lowest BCUT2D eigenvalue weighted by molar-refractivity contribution is -0.0605. The van der Waals surface area contributed by atoms with Gasteiger partial charge in [-0.05, 0) is 37.1 Å². The molecule has 0 saturated carbocycles. The van der Waals surface area contributed by atoms with Gasteiger partial charge in [0.05, 0.1) is 30.6 Å². The molecule has 2 aromatic heterocycles. The number of fused-ring (bicyclic) bond motifs is 4. The number of hydrogen-bond donors (Lipinski definition) is 1. The van der Waals surface area contributed by atoms with Crippen LogP contribution in [0.5, 0.6) is 0 Å². The summed E-state index contributed by atoms with van der Waals surface area (Å²) in [6.07, 6.45) is 2.50. The molecule has 2 aliphatic rings. The van der Waals surface area contributed by atoms with Crippen molar-refractivity contribution in [1.29, 1.82) is 0 Å². The lowest BCUT2D eigenvalue weighted by Crippen LogP contribution is -2.50. The quantitative estimate of drug-likeness (QED) is 0.726. The van der Waals surface area contributed by atoms with Gasteiger partial charge in [-0.2, -0.15) is 0 Å². The number of halogens is 1. The fraction of sp³-hybridized carbons (Fsp3) is 0.389. The van der Waals surface area contributed by atoms with E-state index in [2.05, 4.69) is 15.3 Å². The molecule has 1 saturated heterocycles. The van der Waals surface area contributed by atoms with Crippen molar-refractivity contribution in [2.75, 3.05) is 13.1 Å². The monoisotopic (exact) mass is 355 g/mol. The van der Waals surface area contributed by atoms with E-state index in [0.29, 0.717) is 25.4 Å². The predicted molar refractivity (Wildman–Crippen MR) is 91.2 cm³/mol. The van der Waals surface area contributed by atoms with Crippen molar-refractivity contribution in [3.05, 3.63) is 47.2 Å². The molecule has 0 bridgehead atoms. The van der Waals surface area contributed by atoms with Gasteiger partial charge < -0.3 is 14.6 Å². The number of carbonyl (C=O) groups excluding carboxylic acids is 1. The van der Waals surface area contributed by atoms with Crippen molar-refractivity contribution < 1.29 is 13.9 Å². The Hall–Kier alpha value is -2.74. The molecule has 0 unspecified atom stereocenters. The van der Waals surface area contributed by atoms with E-state index in [1.807, 2.05) is 16.5 Å². The molecular weight excluding hydrogens is 337 g/mol. The van der Waals surface area contributed by atoms with Gasteiger partial charge in [0.1, 0.15) is 11.5 Å². The lowest BCUT2D eigenvalue weighted by Gasteiger charge is -2.40. The molecule has 134 valence electrons. The van der Waals surface area contributed by atoms with Crippen LogP contribution in [0.4, 0.5) is 4.39 Å². The highest BCUT2D eigenvalue weighted by Gasteiger charge is 2.38. The van der Waals surface area contributed by atoms with Gasteiger partial charge in [-0.3, -0.25) is 4.79 Å². The standard InChI is InChI=1S/C18H18FN5O2/c1-10-13-6-11(19)2-3-14(13)21-17(10)18(25)23-5-4-16-15(8-23)24-12(9-26-16)7-20-22-24/h2-3,6-7,15-16,21H,4-5,8-9H2,1H3/t15-,16+/m0/s1. The third-order valence-electron chi connectivity index (χ3n) is 5.45. The van der Waals surface area contributed by atoms with E-state index in [-0.39, 0.29) is 23.9 Å². The molecule has 1 amide bonds. The number of amides is 1. The molecule has 4 heterocycles. The average Bonchev–Trinajstić information content (AvgIpc) is 3.26. The van der Waals surface area contributed by atoms with Crippen LogP contribution >= 0.6 is 0 Å². The van der Waals surface area contributed by atoms with Crippen LogP contribution in [0.1, 0.15) is 34.2 Å². The van der Waals surface area contributed by atoms with Crippen molar-refractivity contribution in [2.45, 2.75) is 32.1 Å². The molecule has 0 spiro atoms. The van der Waals surface area contributed by atoms with E-state index < -0.39 is 0 Å². The zero-order valence-electron chi connectivity index (χ0n) is 14.3. The fourth-order valence-electron chi connectivity index (χ4n) is 4.03. The summed E-state index contributed by atoms with van der Waals surface area (Å²) in [6, 6.07) is 4.49. The van der Waals surface area contributed by atoms with Crippen molar-refractivity contribution >= 4 is 16.8 Å². The van der Waals surface area contributed by atoms with Crippen LogP contribution in [0.15, 0.2) is 24.4 Å². The lowest BCUT2D eigenvalue weighted by atomic mass is 10.00. The molecule has 1 fully saturated rings. The SMILES string of the molecule is Cc1c(C(=O)N2CC[C@H]3OCc4cnnn4[C@H]3C2)[nH]c2ccc(F)cc12. The summed E-state index contributed by atoms with van der Waals surface area (Å²) in [7, 11) is 0. The van der Waals surface area contributed by atoms with Crippen LogP contribution in [0, 0.1) is 12.7 Å². The van der Waals surface area contributed by atoms with Gasteiger partial charge in [0.2, 0.25) is 0 Å². The van der Waals surface area contributed by atoms with Gasteiger partial charge in [0.15, 0.2) is 0 Å². The minimum Gasteiger partial charge on any atom is -0.370 e. The fourth-order valence-corrected chi connectivity index (χ4v) is 4.03. The summed E-state index contributed by atoms with van der Waals surface area (Å²) in [5.41, 5.74) is 2.98. The summed E-state index contributed by atoms with van der Waals surface area (Å²) >= 11 is 0. The first-order valence-corrected chi connectivity index (χ1v) is 8.69. The Labute approximate surface area is 148 Å². The van der Waals surface area contributed by atoms with E-state index in [9.17, 15) is 9.18 Å². The third-order valence-corrected chi connectivity index (χ3v) is 5.45. The largest absolute Gasteiger partial charge is 0.370 e. The van der Waals surface area contributed by atoms with Crippen LogP contribution in [0.2, 0.25) is 0 Å². The number of carbonyl (C=O) groups is 1. The summed E-state index contributed by atoms with van der Waals surface area (Å²) in [5.74, 6) is -0.387. The number of piperidine rings is 1. The van der Waals surface area contributed by atoms with E-state index >= 15 is 0 Å². The number of H-pyrrole nitrogens is 1. The van der Waals surface area contributed by atoms with E-state index in [1.54, 1.807) is 12.3 Å². The number of benzene rings is 1. The minimum absolute atomic E-state index is 0.0268. The summed E-state index contributed by atoms with van der Waals surface area (Å²) in [5, 5.41) is 8.87. The third kappa shape index (κ3) is 2.25. The molecule has 26 heavy (non-hydrogen) atoms. The van der Waals surface area contributed by atoms with Crippen LogP contribution < -0.4 is 0 Å². The van der Waals surface area contributed by atoms with E-state index in [1.165, 1.54) is 12.1 Å². The number of likely N-dealkylation sites (tertiary alicyclic amines) is 1. The number of rotatable bonds is 1. The Morgan fingerprint density at radius 3 is 3.19 bits per heavy atom. The summed E-state index contributed by atoms with van der Waals surface area (Å²) < 4.78 is 21.3. The number of ether oxygens (including phenoxy) is 1. The highest BCUT2D eigenvalue weighted by Crippen LogP contribution is 2.31. The van der Waals surface area contributed by atoms with Gasteiger partial charge in [0.25, 0.3) is 5.91 Å². The highest BCUT2D eigenvalue weighted by atomic mass is 19.1. The average molecular weight is 355 g/mol. The zero-order chi connectivity index (χ0) is 17.8. The van der Waals surface area contributed by atoms with Crippen LogP contribution in [0.3, 0.4) is 0 Å². The molecule has 8 heteroatoms. The Bertz CT molecular complexity index is 1010. The number of hydrogen-bond acceptors (Lipinski definition) is 4. The van der Waals surface area contributed by atoms with Gasteiger partial charge in [-0.15, -0.1) is 5.10 Å². The number of nitrogens with one attached hydrogen (secondary N) is 1. The van der Waals surface area contributed by atoms with Crippen molar-refractivity contribution in [3.8, 4) is 0 Å². The second-order valence-corrected chi connectivity index (χ2v) is 6.94. The Morgan fingerprint density at radius 1 is 1.42 bits per heavy atom. The minimum atomic E-state index is -0.308. The maximum absolute atomic E-state index is 13.5. The van der Waals surface area contributed by atoms with E-state index in [0.717, 1.165) is 28.6 Å². The van der Waals surface area contributed by atoms with Crippen molar-refractivity contribution in [2.24, 2.45) is 0 Å². The van der Waals surface area contributed by atoms with Gasteiger partial charge in [-0.1, -0.05) is 5.21 Å². The van der Waals surface area contributed by atoms with Crippen LogP contribution in [0.25, 0.3) is 10.9 Å². The molecule has 0 aliphatic carbocycles. The molecule has 2 aliphatic heterocycles. The zero-order valence-corrected chi connectivity index (χ0v) is 14.3. The van der Waals surface area contributed by atoms with Gasteiger partial charge in [0, 0.05) is 24.0 Å². The molecular formula is C18H18FN5O2. The second-order valence-electron chi connectivity index (χ2n) is 6.94. The van der Waals surface area contributed by atoms with Crippen molar-refractivity contribution in [1.82, 2.24) is 24.9 Å². The number of aromatic amines is 1. The maximum Gasteiger partial charge on any atom is 0.270 e. The maximum atomic E-state index is 13.5. The molecule has 7 nitrogen and oxygen atoms in total. The molecule has 0 radical (unpaired) electrons. The summed E-state index contributed by atoms with van der Waals surface area (Å²) in [6.45, 7) is 3.49. The molecule has 1 N–H and O–H groups in total. The predicted octanol–water partition coefficient (Wildman–Crippen LogP) is 2.19. The first-order chi connectivity index (χ1) is 12.6. The number of aryl methyl sites for hydroxylation is 1. The molecule has 2 atom stereocenters. The Morgan fingerprint density at radius 2 is 2.31 bits per heavy atom. The molecule has 5 rings (SSSR count).